The van der Waals surface area contributed by atoms with Crippen LogP contribution in [0.4, 0.5) is 17.1 Å². The first-order valence-corrected chi connectivity index (χ1v) is 17.9. The molecule has 0 bridgehead atoms. The molecule has 3 heteroatoms. The Labute approximate surface area is 301 Å². The summed E-state index contributed by atoms with van der Waals surface area (Å²) in [4.78, 5) is 2.41. The second-order valence-corrected chi connectivity index (χ2v) is 14.5. The van der Waals surface area contributed by atoms with E-state index in [0.717, 1.165) is 77.5 Å². The van der Waals surface area contributed by atoms with Gasteiger partial charge in [0.05, 0.1) is 5.69 Å². The lowest BCUT2D eigenvalue weighted by molar-refractivity contribution is 0.660. The first-order valence-electron chi connectivity index (χ1n) is 17.9. The Hall–Kier alpha value is -6.58. The highest BCUT2D eigenvalue weighted by molar-refractivity contribution is 6.18. The predicted octanol–water partition coefficient (Wildman–Crippen LogP) is 14.1. The van der Waals surface area contributed by atoms with E-state index in [0.29, 0.717) is 0 Å². The lowest BCUT2D eigenvalue weighted by atomic mass is 9.82. The minimum absolute atomic E-state index is 0.138. The van der Waals surface area contributed by atoms with Crippen LogP contribution in [0.2, 0.25) is 0 Å². The molecule has 2 heterocycles. The Morgan fingerprint density at radius 2 is 1.06 bits per heavy atom. The number of fused-ring (bicyclic) bond motifs is 11. The van der Waals surface area contributed by atoms with E-state index in [1.54, 1.807) is 0 Å². The number of hydrogen-bond donors (Lipinski definition) is 0. The van der Waals surface area contributed by atoms with Crippen molar-refractivity contribution in [2.75, 3.05) is 4.90 Å². The highest BCUT2D eigenvalue weighted by atomic mass is 16.3. The maximum atomic E-state index is 6.89. The summed E-state index contributed by atoms with van der Waals surface area (Å²) >= 11 is 0. The van der Waals surface area contributed by atoms with Crippen LogP contribution in [0.1, 0.15) is 25.0 Å². The van der Waals surface area contributed by atoms with Crippen molar-refractivity contribution in [2.45, 2.75) is 19.3 Å². The maximum Gasteiger partial charge on any atom is 0.143 e. The monoisotopic (exact) mass is 667 g/mol. The standard InChI is InChI=1S/C49H33NO2/c1-49(2)42-19-8-5-14-34(42)35-26-23-32(29-43(35)49)50(31-24-27-46-41(28-31)37-16-7-10-21-45(37)51-46)44-20-9-6-15-36(44)38-17-11-18-39-40-25-22-30-12-3-4-13-33(30)47(40)52-48(38)39/h3-29H,1-2H3. The Bertz CT molecular complexity index is 3070. The van der Waals surface area contributed by atoms with Gasteiger partial charge in [0.25, 0.3) is 0 Å². The molecule has 10 aromatic rings. The SMILES string of the molecule is CC1(C)c2ccccc2-c2ccc(N(c3ccc4oc5ccccc5c4c3)c3ccccc3-c3cccc4c3oc3c5ccccc5ccc43)cc21. The summed E-state index contributed by atoms with van der Waals surface area (Å²) in [5.41, 5.74) is 14.1. The zero-order valence-corrected chi connectivity index (χ0v) is 28.9. The molecular formula is C49H33NO2. The molecule has 0 aliphatic heterocycles. The van der Waals surface area contributed by atoms with Gasteiger partial charge in [-0.05, 0) is 76.2 Å². The summed E-state index contributed by atoms with van der Waals surface area (Å²) in [6.45, 7) is 4.69. The quantitative estimate of drug-likeness (QED) is 0.187. The first-order chi connectivity index (χ1) is 25.5. The lowest BCUT2D eigenvalue weighted by Gasteiger charge is -2.30. The van der Waals surface area contributed by atoms with Gasteiger partial charge in [0, 0.05) is 54.8 Å². The van der Waals surface area contributed by atoms with Crippen LogP contribution in [-0.2, 0) is 5.41 Å². The third-order valence-corrected chi connectivity index (χ3v) is 11.3. The molecule has 0 amide bonds. The minimum Gasteiger partial charge on any atom is -0.456 e. The Morgan fingerprint density at radius 1 is 0.404 bits per heavy atom. The summed E-state index contributed by atoms with van der Waals surface area (Å²) in [7, 11) is 0. The van der Waals surface area contributed by atoms with E-state index in [2.05, 4.69) is 170 Å². The van der Waals surface area contributed by atoms with Crippen LogP contribution in [0.3, 0.4) is 0 Å². The van der Waals surface area contributed by atoms with E-state index in [4.69, 9.17) is 8.83 Å². The fraction of sp³-hybridized carbons (Fsp3) is 0.0612. The van der Waals surface area contributed by atoms with Crippen LogP contribution in [0.25, 0.3) is 76.9 Å². The summed E-state index contributed by atoms with van der Waals surface area (Å²) in [5.74, 6) is 0. The number of para-hydroxylation sites is 3. The average Bonchev–Trinajstić information content (AvgIpc) is 3.83. The van der Waals surface area contributed by atoms with Crippen molar-refractivity contribution in [3.05, 3.63) is 175 Å². The molecule has 11 rings (SSSR count). The van der Waals surface area contributed by atoms with Gasteiger partial charge in [0.1, 0.15) is 22.3 Å². The van der Waals surface area contributed by atoms with Gasteiger partial charge in [0.2, 0.25) is 0 Å². The second kappa shape index (κ2) is 10.7. The maximum absolute atomic E-state index is 6.89. The van der Waals surface area contributed by atoms with Gasteiger partial charge in [-0.15, -0.1) is 0 Å². The molecule has 52 heavy (non-hydrogen) atoms. The molecule has 0 atom stereocenters. The van der Waals surface area contributed by atoms with Crippen LogP contribution in [-0.4, -0.2) is 0 Å². The van der Waals surface area contributed by atoms with Crippen molar-refractivity contribution in [3.8, 4) is 22.3 Å². The third kappa shape index (κ3) is 4.08. The summed E-state index contributed by atoms with van der Waals surface area (Å²) in [6, 6.07) is 58.8. The number of benzene rings is 8. The van der Waals surface area contributed by atoms with E-state index < -0.39 is 0 Å². The molecule has 0 radical (unpaired) electrons. The van der Waals surface area contributed by atoms with Crippen LogP contribution in [0, 0.1) is 0 Å². The molecule has 0 saturated carbocycles. The van der Waals surface area contributed by atoms with E-state index in [9.17, 15) is 0 Å². The number of nitrogens with zero attached hydrogens (tertiary/aromatic N) is 1. The molecule has 2 aromatic heterocycles. The fourth-order valence-corrected chi connectivity index (χ4v) is 8.75. The van der Waals surface area contributed by atoms with Crippen molar-refractivity contribution in [1.29, 1.82) is 0 Å². The topological polar surface area (TPSA) is 29.5 Å². The molecular weight excluding hydrogens is 635 g/mol. The zero-order valence-electron chi connectivity index (χ0n) is 28.9. The van der Waals surface area contributed by atoms with Gasteiger partial charge >= 0.3 is 0 Å². The van der Waals surface area contributed by atoms with Crippen molar-refractivity contribution in [1.82, 2.24) is 0 Å². The Morgan fingerprint density at radius 3 is 1.98 bits per heavy atom. The van der Waals surface area contributed by atoms with Crippen molar-refractivity contribution < 1.29 is 8.83 Å². The van der Waals surface area contributed by atoms with Gasteiger partial charge in [0.15, 0.2) is 0 Å². The van der Waals surface area contributed by atoms with Crippen molar-refractivity contribution >= 4 is 71.7 Å². The fourth-order valence-electron chi connectivity index (χ4n) is 8.75. The summed E-state index contributed by atoms with van der Waals surface area (Å²) in [5, 5.41) is 6.74. The number of furan rings is 2. The molecule has 0 saturated heterocycles. The zero-order chi connectivity index (χ0) is 34.6. The molecule has 1 aliphatic carbocycles. The lowest BCUT2D eigenvalue weighted by Crippen LogP contribution is -2.16. The predicted molar refractivity (Wildman–Crippen MR) is 216 cm³/mol. The van der Waals surface area contributed by atoms with Gasteiger partial charge in [-0.2, -0.15) is 0 Å². The average molecular weight is 668 g/mol. The van der Waals surface area contributed by atoms with Gasteiger partial charge in [-0.25, -0.2) is 0 Å². The number of hydrogen-bond acceptors (Lipinski definition) is 3. The largest absolute Gasteiger partial charge is 0.456 e. The van der Waals surface area contributed by atoms with E-state index >= 15 is 0 Å². The first kappa shape index (κ1) is 29.2. The Balaban J connectivity index is 1.17. The van der Waals surface area contributed by atoms with Crippen LogP contribution < -0.4 is 4.90 Å². The highest BCUT2D eigenvalue weighted by Crippen LogP contribution is 2.52. The summed E-state index contributed by atoms with van der Waals surface area (Å²) in [6.07, 6.45) is 0. The van der Waals surface area contributed by atoms with Gasteiger partial charge < -0.3 is 13.7 Å². The molecule has 1 aliphatic rings. The third-order valence-electron chi connectivity index (χ3n) is 11.3. The molecule has 0 unspecified atom stereocenters. The Kier molecular flexibility index (Phi) is 6.01. The molecule has 0 spiro atoms. The summed E-state index contributed by atoms with van der Waals surface area (Å²) < 4.78 is 13.2. The van der Waals surface area contributed by atoms with E-state index in [-0.39, 0.29) is 5.41 Å². The van der Waals surface area contributed by atoms with Gasteiger partial charge in [-0.3, -0.25) is 0 Å². The molecule has 0 N–H and O–H groups in total. The van der Waals surface area contributed by atoms with Crippen LogP contribution >= 0.6 is 0 Å². The smallest absolute Gasteiger partial charge is 0.143 e. The van der Waals surface area contributed by atoms with E-state index in [1.807, 2.05) is 12.1 Å². The molecule has 8 aromatic carbocycles. The van der Waals surface area contributed by atoms with Crippen LogP contribution in [0.5, 0.6) is 0 Å². The number of rotatable bonds is 4. The highest BCUT2D eigenvalue weighted by Gasteiger charge is 2.36. The molecule has 0 fully saturated rings. The molecule has 3 nitrogen and oxygen atoms in total. The van der Waals surface area contributed by atoms with Crippen LogP contribution in [0.15, 0.2) is 173 Å². The molecule has 246 valence electrons. The van der Waals surface area contributed by atoms with Crippen molar-refractivity contribution in [2.24, 2.45) is 0 Å². The van der Waals surface area contributed by atoms with Crippen molar-refractivity contribution in [3.63, 3.8) is 0 Å². The van der Waals surface area contributed by atoms with E-state index in [1.165, 1.54) is 27.6 Å². The number of anilines is 3. The normalized spacial score (nSPS) is 13.3. The second-order valence-electron chi connectivity index (χ2n) is 14.5. The minimum atomic E-state index is -0.138. The van der Waals surface area contributed by atoms with Gasteiger partial charge in [-0.1, -0.05) is 129 Å².